The summed E-state index contributed by atoms with van der Waals surface area (Å²) in [6.07, 6.45) is 0. The molecule has 1 rings (SSSR count). The van der Waals surface area contributed by atoms with Crippen LogP contribution in [0, 0.1) is 5.82 Å². The fourth-order valence-corrected chi connectivity index (χ4v) is 0.766. The molecule has 0 aliphatic carbocycles. The van der Waals surface area contributed by atoms with Crippen LogP contribution in [0.15, 0.2) is 18.2 Å². The van der Waals surface area contributed by atoms with Gasteiger partial charge in [-0.25, -0.2) is 4.39 Å². The topological polar surface area (TPSA) is 26.0 Å². The van der Waals surface area contributed by atoms with E-state index in [1.165, 1.54) is 0 Å². The molecule has 6 heteroatoms. The third-order valence-electron chi connectivity index (χ3n) is 1.40. The van der Waals surface area contributed by atoms with Gasteiger partial charge in [-0.3, -0.25) is 0 Å². The zero-order valence-corrected chi connectivity index (χ0v) is 5.90. The van der Waals surface area contributed by atoms with Gasteiger partial charge >= 0.3 is 6.98 Å². The van der Waals surface area contributed by atoms with E-state index < -0.39 is 23.9 Å². The highest BCUT2D eigenvalue weighted by Gasteiger charge is 2.25. The van der Waals surface area contributed by atoms with Crippen molar-refractivity contribution in [1.29, 1.82) is 0 Å². The van der Waals surface area contributed by atoms with E-state index in [0.717, 1.165) is 0 Å². The van der Waals surface area contributed by atoms with Crippen molar-refractivity contribution < 1.29 is 17.3 Å². The SMILES string of the molecule is Nc1cc([B-](F)(F)F)ccc1F. The van der Waals surface area contributed by atoms with Gasteiger partial charge in [-0.1, -0.05) is 12.1 Å². The standard InChI is InChI=1S/C6H5BF4N/c8-5-2-1-4(3-6(5)12)7(9,10)11/h1-3H,12H2/q-1. The highest BCUT2D eigenvalue weighted by atomic mass is 19.4. The Labute approximate surface area is 66.2 Å². The van der Waals surface area contributed by atoms with E-state index in [0.29, 0.717) is 18.2 Å². The van der Waals surface area contributed by atoms with Crippen molar-refractivity contribution in [2.45, 2.75) is 0 Å². The maximum absolute atomic E-state index is 12.4. The minimum Gasteiger partial charge on any atom is -0.445 e. The van der Waals surface area contributed by atoms with Crippen molar-refractivity contribution >= 4 is 18.1 Å². The van der Waals surface area contributed by atoms with Crippen molar-refractivity contribution in [3.8, 4) is 0 Å². The molecule has 1 nitrogen and oxygen atoms in total. The summed E-state index contributed by atoms with van der Waals surface area (Å²) in [7, 11) is 0. The summed E-state index contributed by atoms with van der Waals surface area (Å²) in [6.45, 7) is -5.08. The molecule has 66 valence electrons. The number of nitrogen functional groups attached to an aromatic ring is 1. The molecule has 0 saturated carbocycles. The van der Waals surface area contributed by atoms with Gasteiger partial charge in [0.25, 0.3) is 0 Å². The molecule has 0 bridgehead atoms. The molecule has 0 atom stereocenters. The summed E-state index contributed by atoms with van der Waals surface area (Å²) in [5.41, 5.74) is 3.59. The molecule has 0 saturated heterocycles. The predicted octanol–water partition coefficient (Wildman–Crippen LogP) is 1.46. The van der Waals surface area contributed by atoms with Gasteiger partial charge in [-0.05, 0) is 6.07 Å². The van der Waals surface area contributed by atoms with Crippen molar-refractivity contribution in [3.63, 3.8) is 0 Å². The summed E-state index contributed by atoms with van der Waals surface area (Å²) in [4.78, 5) is 0. The van der Waals surface area contributed by atoms with E-state index in [2.05, 4.69) is 0 Å². The molecule has 0 aliphatic rings. The number of anilines is 1. The number of nitrogens with two attached hydrogens (primary N) is 1. The van der Waals surface area contributed by atoms with Crippen LogP contribution in [0.2, 0.25) is 0 Å². The second kappa shape index (κ2) is 2.69. The Morgan fingerprint density at radius 1 is 1.17 bits per heavy atom. The van der Waals surface area contributed by atoms with E-state index in [1.807, 2.05) is 0 Å². The fraction of sp³-hybridized carbons (Fsp3) is 0. The van der Waals surface area contributed by atoms with E-state index in [9.17, 15) is 17.3 Å². The largest absolute Gasteiger partial charge is 0.509 e. The van der Waals surface area contributed by atoms with Gasteiger partial charge in [0.05, 0.1) is 5.69 Å². The van der Waals surface area contributed by atoms with Gasteiger partial charge in [0, 0.05) is 0 Å². The summed E-state index contributed by atoms with van der Waals surface area (Å²) >= 11 is 0. The van der Waals surface area contributed by atoms with Crippen LogP contribution in [0.1, 0.15) is 0 Å². The van der Waals surface area contributed by atoms with Crippen LogP contribution in [0.5, 0.6) is 0 Å². The van der Waals surface area contributed by atoms with Crippen LogP contribution < -0.4 is 11.2 Å². The highest BCUT2D eigenvalue weighted by Crippen LogP contribution is 2.13. The molecule has 1 aromatic rings. The van der Waals surface area contributed by atoms with Crippen molar-refractivity contribution in [3.05, 3.63) is 24.0 Å². The Hall–Kier alpha value is -1.20. The first kappa shape index (κ1) is 8.90. The lowest BCUT2D eigenvalue weighted by Gasteiger charge is -2.14. The lowest BCUT2D eigenvalue weighted by Crippen LogP contribution is -2.34. The normalized spacial score (nSPS) is 11.7. The Morgan fingerprint density at radius 2 is 1.75 bits per heavy atom. The molecular formula is C6H5BF4N-. The molecule has 12 heavy (non-hydrogen) atoms. The fourth-order valence-electron chi connectivity index (χ4n) is 0.766. The molecule has 1 aromatic carbocycles. The molecule has 0 unspecified atom stereocenters. The Bertz CT molecular complexity index is 296. The third kappa shape index (κ3) is 1.69. The minimum absolute atomic E-state index is 0.480. The third-order valence-corrected chi connectivity index (χ3v) is 1.40. The number of hydrogen-bond acceptors (Lipinski definition) is 1. The molecule has 2 N–H and O–H groups in total. The first-order valence-electron chi connectivity index (χ1n) is 3.16. The Kier molecular flexibility index (Phi) is 2.00. The second-order valence-corrected chi connectivity index (χ2v) is 2.36. The maximum Gasteiger partial charge on any atom is 0.509 e. The lowest BCUT2D eigenvalue weighted by molar-refractivity contribution is 0.501. The van der Waals surface area contributed by atoms with Gasteiger partial charge in [0.1, 0.15) is 5.82 Å². The number of hydrogen-bond donors (Lipinski definition) is 1. The van der Waals surface area contributed by atoms with Crippen LogP contribution in [0.25, 0.3) is 0 Å². The Morgan fingerprint density at radius 3 is 2.17 bits per heavy atom. The average molecular weight is 178 g/mol. The number of halogens is 4. The zero-order valence-electron chi connectivity index (χ0n) is 5.90. The van der Waals surface area contributed by atoms with Crippen LogP contribution in [-0.4, -0.2) is 6.98 Å². The lowest BCUT2D eigenvalue weighted by atomic mass is 9.80. The summed E-state index contributed by atoms with van der Waals surface area (Å²) in [5.74, 6) is -0.834. The highest BCUT2D eigenvalue weighted by molar-refractivity contribution is 6.73. The van der Waals surface area contributed by atoms with E-state index in [4.69, 9.17) is 5.73 Å². The van der Waals surface area contributed by atoms with E-state index in [-0.39, 0.29) is 0 Å². The molecule has 0 fully saturated rings. The van der Waals surface area contributed by atoms with Crippen LogP contribution in [-0.2, 0) is 0 Å². The number of benzene rings is 1. The molecule has 0 radical (unpaired) electrons. The van der Waals surface area contributed by atoms with Gasteiger partial charge in [0.15, 0.2) is 0 Å². The summed E-state index contributed by atoms with van der Waals surface area (Å²) in [6, 6.07) is 1.97. The summed E-state index contributed by atoms with van der Waals surface area (Å²) < 4.78 is 48.4. The van der Waals surface area contributed by atoms with E-state index >= 15 is 0 Å². The van der Waals surface area contributed by atoms with Crippen LogP contribution in [0.3, 0.4) is 0 Å². The second-order valence-electron chi connectivity index (χ2n) is 2.36. The van der Waals surface area contributed by atoms with Gasteiger partial charge < -0.3 is 18.7 Å². The van der Waals surface area contributed by atoms with E-state index in [1.54, 1.807) is 0 Å². The summed E-state index contributed by atoms with van der Waals surface area (Å²) in [5, 5.41) is 0. The van der Waals surface area contributed by atoms with Gasteiger partial charge in [-0.2, -0.15) is 0 Å². The quantitative estimate of drug-likeness (QED) is 0.393. The van der Waals surface area contributed by atoms with Crippen molar-refractivity contribution in [1.82, 2.24) is 0 Å². The van der Waals surface area contributed by atoms with Crippen LogP contribution in [0.4, 0.5) is 23.0 Å². The van der Waals surface area contributed by atoms with Crippen molar-refractivity contribution in [2.24, 2.45) is 0 Å². The molecule has 0 aliphatic heterocycles. The first-order valence-corrected chi connectivity index (χ1v) is 3.16. The number of rotatable bonds is 1. The molecular weight excluding hydrogens is 173 g/mol. The van der Waals surface area contributed by atoms with Gasteiger partial charge in [-0.15, -0.1) is 5.46 Å². The first-order chi connectivity index (χ1) is 5.41. The van der Waals surface area contributed by atoms with Gasteiger partial charge in [0.2, 0.25) is 0 Å². The molecule has 0 spiro atoms. The minimum atomic E-state index is -5.08. The van der Waals surface area contributed by atoms with Crippen LogP contribution >= 0.6 is 0 Å². The van der Waals surface area contributed by atoms with Crippen molar-refractivity contribution in [2.75, 3.05) is 5.73 Å². The monoisotopic (exact) mass is 178 g/mol. The molecule has 0 heterocycles. The molecule has 0 aromatic heterocycles. The Balaban J connectivity index is 3.14. The smallest absolute Gasteiger partial charge is 0.445 e. The predicted molar refractivity (Wildman–Crippen MR) is 39.5 cm³/mol. The maximum atomic E-state index is 12.4. The zero-order chi connectivity index (χ0) is 9.35. The molecule has 0 amide bonds. The average Bonchev–Trinajstić information content (AvgIpc) is 1.92.